The molecule has 0 aromatic carbocycles. The number of nitrogens with zero attached hydrogens (tertiary/aromatic N) is 3. The molecule has 1 rings (SSSR count). The molecule has 0 fully saturated rings. The summed E-state index contributed by atoms with van der Waals surface area (Å²) in [4.78, 5) is 2.39. The monoisotopic (exact) mass is 266 g/mol. The molecule has 1 aromatic rings. The molecule has 0 saturated carbocycles. The number of hydrogen-bond acceptors (Lipinski definition) is 3. The van der Waals surface area contributed by atoms with Crippen molar-refractivity contribution in [2.24, 2.45) is 0 Å². The van der Waals surface area contributed by atoms with Crippen LogP contribution in [0.25, 0.3) is 0 Å². The molecular formula is C15H30N4. The van der Waals surface area contributed by atoms with Crippen molar-refractivity contribution in [3.8, 4) is 0 Å². The summed E-state index contributed by atoms with van der Waals surface area (Å²) in [5.74, 6) is 0. The van der Waals surface area contributed by atoms with E-state index in [0.29, 0.717) is 12.1 Å². The molecule has 0 aliphatic rings. The van der Waals surface area contributed by atoms with Gasteiger partial charge in [0.1, 0.15) is 0 Å². The van der Waals surface area contributed by atoms with E-state index in [1.807, 2.05) is 4.68 Å². The summed E-state index contributed by atoms with van der Waals surface area (Å²) >= 11 is 0. The van der Waals surface area contributed by atoms with E-state index >= 15 is 0 Å². The molecule has 1 aromatic heterocycles. The highest BCUT2D eigenvalue weighted by molar-refractivity contribution is 4.98. The van der Waals surface area contributed by atoms with Crippen molar-refractivity contribution in [3.63, 3.8) is 0 Å². The number of nitrogens with one attached hydrogen (secondary N) is 1. The minimum absolute atomic E-state index is 0.445. The van der Waals surface area contributed by atoms with Gasteiger partial charge >= 0.3 is 0 Å². The third kappa shape index (κ3) is 6.21. The third-order valence-electron chi connectivity index (χ3n) is 3.49. The van der Waals surface area contributed by atoms with Gasteiger partial charge in [0, 0.05) is 24.8 Å². The van der Waals surface area contributed by atoms with Crippen LogP contribution in [0.15, 0.2) is 12.3 Å². The molecule has 19 heavy (non-hydrogen) atoms. The van der Waals surface area contributed by atoms with E-state index in [1.165, 1.54) is 19.4 Å². The lowest BCUT2D eigenvalue weighted by atomic mass is 10.2. The molecule has 0 radical (unpaired) electrons. The summed E-state index contributed by atoms with van der Waals surface area (Å²) < 4.78 is 2.01. The molecule has 1 N–H and O–H groups in total. The van der Waals surface area contributed by atoms with Crippen LogP contribution >= 0.6 is 0 Å². The van der Waals surface area contributed by atoms with Crippen LogP contribution in [0.1, 0.15) is 52.3 Å². The van der Waals surface area contributed by atoms with E-state index in [2.05, 4.69) is 62.3 Å². The van der Waals surface area contributed by atoms with Gasteiger partial charge in [-0.1, -0.05) is 0 Å². The zero-order chi connectivity index (χ0) is 14.3. The SMILES string of the molecule is CC(C)N(C)CCCCNCc1ccn(C(C)C)n1. The Morgan fingerprint density at radius 3 is 2.58 bits per heavy atom. The fourth-order valence-corrected chi connectivity index (χ4v) is 1.85. The van der Waals surface area contributed by atoms with Crippen LogP contribution in [0.4, 0.5) is 0 Å². The largest absolute Gasteiger partial charge is 0.311 e. The third-order valence-corrected chi connectivity index (χ3v) is 3.49. The summed E-state index contributed by atoms with van der Waals surface area (Å²) in [5, 5.41) is 7.99. The van der Waals surface area contributed by atoms with Gasteiger partial charge in [0.15, 0.2) is 0 Å². The second-order valence-electron chi connectivity index (χ2n) is 5.84. The van der Waals surface area contributed by atoms with E-state index in [1.54, 1.807) is 0 Å². The number of unbranched alkanes of at least 4 members (excludes halogenated alkanes) is 1. The van der Waals surface area contributed by atoms with Crippen molar-refractivity contribution < 1.29 is 0 Å². The average Bonchev–Trinajstić information content (AvgIpc) is 2.82. The van der Waals surface area contributed by atoms with Gasteiger partial charge in [0.2, 0.25) is 0 Å². The van der Waals surface area contributed by atoms with Gasteiger partial charge in [-0.25, -0.2) is 0 Å². The Morgan fingerprint density at radius 2 is 2.00 bits per heavy atom. The normalized spacial score (nSPS) is 12.0. The van der Waals surface area contributed by atoms with Gasteiger partial charge in [-0.2, -0.15) is 5.10 Å². The smallest absolute Gasteiger partial charge is 0.0762 e. The molecule has 4 nitrogen and oxygen atoms in total. The molecule has 0 unspecified atom stereocenters. The number of aromatic nitrogens is 2. The molecular weight excluding hydrogens is 236 g/mol. The summed E-state index contributed by atoms with van der Waals surface area (Å²) in [6.45, 7) is 11.9. The van der Waals surface area contributed by atoms with Gasteiger partial charge in [0.05, 0.1) is 5.69 Å². The van der Waals surface area contributed by atoms with Gasteiger partial charge < -0.3 is 10.2 Å². The fraction of sp³-hybridized carbons (Fsp3) is 0.800. The Labute approximate surface area is 118 Å². The maximum atomic E-state index is 4.52. The van der Waals surface area contributed by atoms with Crippen LogP contribution in [-0.4, -0.2) is 40.9 Å². The highest BCUT2D eigenvalue weighted by Gasteiger charge is 2.03. The van der Waals surface area contributed by atoms with Gasteiger partial charge in [-0.05, 0) is 66.7 Å². The van der Waals surface area contributed by atoms with E-state index in [0.717, 1.165) is 18.8 Å². The Morgan fingerprint density at radius 1 is 1.26 bits per heavy atom. The van der Waals surface area contributed by atoms with Crippen molar-refractivity contribution in [2.45, 2.75) is 59.2 Å². The van der Waals surface area contributed by atoms with Crippen molar-refractivity contribution >= 4 is 0 Å². The molecule has 0 atom stereocenters. The minimum atomic E-state index is 0.445. The fourth-order valence-electron chi connectivity index (χ4n) is 1.85. The first-order chi connectivity index (χ1) is 9.00. The van der Waals surface area contributed by atoms with Crippen LogP contribution in [0.5, 0.6) is 0 Å². The lowest BCUT2D eigenvalue weighted by Gasteiger charge is -2.20. The van der Waals surface area contributed by atoms with Crippen molar-refractivity contribution in [2.75, 3.05) is 20.1 Å². The van der Waals surface area contributed by atoms with E-state index in [9.17, 15) is 0 Å². The topological polar surface area (TPSA) is 33.1 Å². The molecule has 0 aliphatic carbocycles. The first-order valence-electron chi connectivity index (χ1n) is 7.45. The average molecular weight is 266 g/mol. The Balaban J connectivity index is 2.07. The van der Waals surface area contributed by atoms with Crippen molar-refractivity contribution in [1.29, 1.82) is 0 Å². The highest BCUT2D eigenvalue weighted by Crippen LogP contribution is 2.04. The molecule has 4 heteroatoms. The minimum Gasteiger partial charge on any atom is -0.311 e. The van der Waals surface area contributed by atoms with E-state index < -0.39 is 0 Å². The maximum absolute atomic E-state index is 4.52. The lowest BCUT2D eigenvalue weighted by Crippen LogP contribution is -2.27. The first-order valence-corrected chi connectivity index (χ1v) is 7.45. The van der Waals surface area contributed by atoms with E-state index in [4.69, 9.17) is 0 Å². The predicted molar refractivity (Wildman–Crippen MR) is 81.3 cm³/mol. The quantitative estimate of drug-likeness (QED) is 0.698. The second kappa shape index (κ2) is 8.33. The Kier molecular flexibility index (Phi) is 7.10. The van der Waals surface area contributed by atoms with Gasteiger partial charge in [0.25, 0.3) is 0 Å². The summed E-state index contributed by atoms with van der Waals surface area (Å²) in [6, 6.07) is 3.19. The lowest BCUT2D eigenvalue weighted by molar-refractivity contribution is 0.268. The van der Waals surface area contributed by atoms with Crippen LogP contribution < -0.4 is 5.32 Å². The zero-order valence-electron chi connectivity index (χ0n) is 13.2. The Bertz CT molecular complexity index is 344. The van der Waals surface area contributed by atoms with Crippen LogP contribution in [0.2, 0.25) is 0 Å². The van der Waals surface area contributed by atoms with Crippen LogP contribution in [-0.2, 0) is 6.54 Å². The predicted octanol–water partition coefficient (Wildman–Crippen LogP) is 2.67. The molecule has 0 bridgehead atoms. The highest BCUT2D eigenvalue weighted by atomic mass is 15.3. The number of hydrogen-bond donors (Lipinski definition) is 1. The van der Waals surface area contributed by atoms with Crippen molar-refractivity contribution in [3.05, 3.63) is 18.0 Å². The molecule has 110 valence electrons. The van der Waals surface area contributed by atoms with Crippen LogP contribution in [0, 0.1) is 0 Å². The summed E-state index contributed by atoms with van der Waals surface area (Å²) in [7, 11) is 2.19. The van der Waals surface area contributed by atoms with Crippen LogP contribution in [0.3, 0.4) is 0 Å². The first kappa shape index (κ1) is 16.2. The summed E-state index contributed by atoms with van der Waals surface area (Å²) in [6.07, 6.45) is 4.53. The zero-order valence-corrected chi connectivity index (χ0v) is 13.2. The van der Waals surface area contributed by atoms with Gasteiger partial charge in [-0.15, -0.1) is 0 Å². The maximum Gasteiger partial charge on any atom is 0.0762 e. The van der Waals surface area contributed by atoms with E-state index in [-0.39, 0.29) is 0 Å². The molecule has 0 aliphatic heterocycles. The Hall–Kier alpha value is -0.870. The molecule has 1 heterocycles. The molecule has 0 saturated heterocycles. The number of rotatable bonds is 9. The standard InChI is InChI=1S/C15H30N4/c1-13(2)18(5)10-7-6-9-16-12-15-8-11-19(17-15)14(3)4/h8,11,13-14,16H,6-7,9-10,12H2,1-5H3. The molecule has 0 amide bonds. The van der Waals surface area contributed by atoms with Crippen molar-refractivity contribution in [1.82, 2.24) is 20.0 Å². The van der Waals surface area contributed by atoms with Gasteiger partial charge in [-0.3, -0.25) is 4.68 Å². The molecule has 0 spiro atoms. The summed E-state index contributed by atoms with van der Waals surface area (Å²) in [5.41, 5.74) is 1.13. The second-order valence-corrected chi connectivity index (χ2v) is 5.84.